The molecule has 1 aromatic carbocycles. The standard InChI is InChI=1S/C17H24FNO5S/c1-17(2,3)14-10-12(18)4-5-15(14)24-13-6-8-19(9-7-13)16(20)11-25(21,22)23/h4-5,10,13H,6-9,11H2,1-3H3,(H,21,22,23). The molecule has 0 unspecified atom stereocenters. The zero-order valence-corrected chi connectivity index (χ0v) is 15.5. The van der Waals surface area contributed by atoms with Crippen molar-refractivity contribution in [3.63, 3.8) is 0 Å². The predicted octanol–water partition coefficient (Wildman–Crippen LogP) is 2.38. The molecule has 1 heterocycles. The minimum atomic E-state index is -4.32. The van der Waals surface area contributed by atoms with Gasteiger partial charge in [-0.15, -0.1) is 0 Å². The first-order chi connectivity index (χ1) is 11.5. The summed E-state index contributed by atoms with van der Waals surface area (Å²) in [5, 5.41) is 0. The Hall–Kier alpha value is -1.67. The van der Waals surface area contributed by atoms with Crippen molar-refractivity contribution >= 4 is 16.0 Å². The summed E-state index contributed by atoms with van der Waals surface area (Å²) in [6.07, 6.45) is 0.942. The van der Waals surface area contributed by atoms with Crippen LogP contribution in [0.3, 0.4) is 0 Å². The Kier molecular flexibility index (Phi) is 5.73. The summed E-state index contributed by atoms with van der Waals surface area (Å²) in [6.45, 7) is 6.64. The van der Waals surface area contributed by atoms with Crippen LogP contribution in [0, 0.1) is 5.82 Å². The first-order valence-corrected chi connectivity index (χ1v) is 9.76. The molecular formula is C17H24FNO5S. The van der Waals surface area contributed by atoms with Crippen molar-refractivity contribution in [1.29, 1.82) is 0 Å². The molecule has 1 aromatic rings. The van der Waals surface area contributed by atoms with E-state index in [-0.39, 0.29) is 17.3 Å². The third-order valence-electron chi connectivity index (χ3n) is 4.14. The molecule has 1 aliphatic heterocycles. The second kappa shape index (κ2) is 7.29. The van der Waals surface area contributed by atoms with Crippen molar-refractivity contribution in [2.24, 2.45) is 0 Å². The molecular weight excluding hydrogens is 349 g/mol. The second-order valence-electron chi connectivity index (χ2n) is 7.31. The third-order valence-corrected chi connectivity index (χ3v) is 4.76. The molecule has 1 amide bonds. The van der Waals surface area contributed by atoms with E-state index in [9.17, 15) is 17.6 Å². The van der Waals surface area contributed by atoms with Gasteiger partial charge in [0, 0.05) is 31.5 Å². The van der Waals surface area contributed by atoms with Gasteiger partial charge in [-0.05, 0) is 23.6 Å². The molecule has 0 aliphatic carbocycles. The maximum Gasteiger partial charge on any atom is 0.274 e. The summed E-state index contributed by atoms with van der Waals surface area (Å²) in [6, 6.07) is 4.45. The molecule has 1 saturated heterocycles. The number of carbonyl (C=O) groups excluding carboxylic acids is 1. The van der Waals surface area contributed by atoms with Gasteiger partial charge in [-0.1, -0.05) is 20.8 Å². The average molecular weight is 373 g/mol. The van der Waals surface area contributed by atoms with Gasteiger partial charge < -0.3 is 9.64 Å². The molecule has 0 radical (unpaired) electrons. The molecule has 0 aromatic heterocycles. The van der Waals surface area contributed by atoms with Crippen molar-refractivity contribution in [3.05, 3.63) is 29.6 Å². The lowest BCUT2D eigenvalue weighted by Gasteiger charge is -2.33. The van der Waals surface area contributed by atoms with Gasteiger partial charge in [0.05, 0.1) is 0 Å². The number of likely N-dealkylation sites (tertiary alicyclic amines) is 1. The highest BCUT2D eigenvalue weighted by molar-refractivity contribution is 7.86. The molecule has 8 heteroatoms. The van der Waals surface area contributed by atoms with E-state index >= 15 is 0 Å². The van der Waals surface area contributed by atoms with Crippen LogP contribution in [0.2, 0.25) is 0 Å². The van der Waals surface area contributed by atoms with Gasteiger partial charge in [0.2, 0.25) is 5.91 Å². The topological polar surface area (TPSA) is 83.9 Å². The number of nitrogens with zero attached hydrogens (tertiary/aromatic N) is 1. The molecule has 0 bridgehead atoms. The number of hydrogen-bond acceptors (Lipinski definition) is 4. The van der Waals surface area contributed by atoms with Crippen molar-refractivity contribution in [2.75, 3.05) is 18.8 Å². The normalized spacial score (nSPS) is 16.8. The first kappa shape index (κ1) is 19.7. The summed E-state index contributed by atoms with van der Waals surface area (Å²) < 4.78 is 50.0. The van der Waals surface area contributed by atoms with Gasteiger partial charge in [-0.2, -0.15) is 8.42 Å². The Bertz CT molecular complexity index is 734. The minimum Gasteiger partial charge on any atom is -0.490 e. The van der Waals surface area contributed by atoms with Crippen molar-refractivity contribution < 1.29 is 26.9 Å². The molecule has 2 rings (SSSR count). The number of hydrogen-bond donors (Lipinski definition) is 1. The van der Waals surface area contributed by atoms with Crippen LogP contribution < -0.4 is 4.74 Å². The van der Waals surface area contributed by atoms with E-state index in [0.29, 0.717) is 31.7 Å². The van der Waals surface area contributed by atoms with Gasteiger partial charge in [0.25, 0.3) is 10.1 Å². The highest BCUT2D eigenvalue weighted by atomic mass is 32.2. The number of piperidine rings is 1. The molecule has 1 aliphatic rings. The molecule has 0 atom stereocenters. The van der Waals surface area contributed by atoms with Crippen LogP contribution >= 0.6 is 0 Å². The molecule has 1 N–H and O–H groups in total. The monoisotopic (exact) mass is 373 g/mol. The number of halogens is 1. The van der Waals surface area contributed by atoms with Gasteiger partial charge in [-0.25, -0.2) is 4.39 Å². The second-order valence-corrected chi connectivity index (χ2v) is 8.77. The van der Waals surface area contributed by atoms with Gasteiger partial charge in [-0.3, -0.25) is 9.35 Å². The fraction of sp³-hybridized carbons (Fsp3) is 0.588. The van der Waals surface area contributed by atoms with Gasteiger partial charge in [0.1, 0.15) is 17.7 Å². The van der Waals surface area contributed by atoms with E-state index in [0.717, 1.165) is 5.56 Å². The first-order valence-electron chi connectivity index (χ1n) is 8.15. The molecule has 0 spiro atoms. The van der Waals surface area contributed by atoms with Crippen LogP contribution in [0.1, 0.15) is 39.2 Å². The maximum atomic E-state index is 13.6. The summed E-state index contributed by atoms with van der Waals surface area (Å²) in [4.78, 5) is 13.2. The molecule has 6 nitrogen and oxygen atoms in total. The largest absolute Gasteiger partial charge is 0.490 e. The Balaban J connectivity index is 2.00. The molecule has 140 valence electrons. The number of ether oxygens (including phenoxy) is 1. The fourth-order valence-corrected chi connectivity index (χ4v) is 3.34. The van der Waals surface area contributed by atoms with Crippen molar-refractivity contribution in [3.8, 4) is 5.75 Å². The van der Waals surface area contributed by atoms with E-state index in [1.807, 2.05) is 20.8 Å². The van der Waals surface area contributed by atoms with Crippen molar-refractivity contribution in [2.45, 2.75) is 45.1 Å². The smallest absolute Gasteiger partial charge is 0.274 e. The van der Waals surface area contributed by atoms with E-state index < -0.39 is 21.8 Å². The average Bonchev–Trinajstić information content (AvgIpc) is 2.47. The SMILES string of the molecule is CC(C)(C)c1cc(F)ccc1OC1CCN(C(=O)CS(=O)(=O)O)CC1. The van der Waals surface area contributed by atoms with Gasteiger partial charge in [0.15, 0.2) is 5.75 Å². The van der Waals surface area contributed by atoms with Crippen LogP contribution in [-0.4, -0.2) is 48.7 Å². The lowest BCUT2D eigenvalue weighted by molar-refractivity contribution is -0.130. The van der Waals surface area contributed by atoms with Gasteiger partial charge >= 0.3 is 0 Å². The number of benzene rings is 1. The lowest BCUT2D eigenvalue weighted by atomic mass is 9.86. The lowest BCUT2D eigenvalue weighted by Crippen LogP contribution is -2.44. The molecule has 1 fully saturated rings. The Morgan fingerprint density at radius 2 is 1.92 bits per heavy atom. The van der Waals surface area contributed by atoms with Crippen LogP contribution in [0.15, 0.2) is 18.2 Å². The van der Waals surface area contributed by atoms with Crippen LogP contribution in [0.4, 0.5) is 4.39 Å². The summed E-state index contributed by atoms with van der Waals surface area (Å²) >= 11 is 0. The highest BCUT2D eigenvalue weighted by Gasteiger charge is 2.28. The van der Waals surface area contributed by atoms with Crippen LogP contribution in [0.5, 0.6) is 5.75 Å². The van der Waals surface area contributed by atoms with Crippen LogP contribution in [0.25, 0.3) is 0 Å². The predicted molar refractivity (Wildman–Crippen MR) is 91.7 cm³/mol. The fourth-order valence-electron chi connectivity index (χ4n) is 2.84. The Morgan fingerprint density at radius 3 is 2.44 bits per heavy atom. The minimum absolute atomic E-state index is 0.138. The summed E-state index contributed by atoms with van der Waals surface area (Å²) in [5.74, 6) is -1.21. The van der Waals surface area contributed by atoms with E-state index in [4.69, 9.17) is 9.29 Å². The Morgan fingerprint density at radius 1 is 1.32 bits per heavy atom. The van der Waals surface area contributed by atoms with E-state index in [1.54, 1.807) is 6.07 Å². The number of carbonyl (C=O) groups is 1. The molecule has 25 heavy (non-hydrogen) atoms. The summed E-state index contributed by atoms with van der Waals surface area (Å²) in [5.41, 5.74) is 0.501. The Labute approximate surface area is 147 Å². The molecule has 0 saturated carbocycles. The number of rotatable bonds is 4. The summed E-state index contributed by atoms with van der Waals surface area (Å²) in [7, 11) is -4.32. The van der Waals surface area contributed by atoms with E-state index in [1.165, 1.54) is 17.0 Å². The maximum absolute atomic E-state index is 13.6. The van der Waals surface area contributed by atoms with Crippen molar-refractivity contribution in [1.82, 2.24) is 4.90 Å². The zero-order valence-electron chi connectivity index (χ0n) is 14.7. The third kappa shape index (κ3) is 5.67. The van der Waals surface area contributed by atoms with E-state index in [2.05, 4.69) is 0 Å². The number of amides is 1. The quantitative estimate of drug-likeness (QED) is 0.819. The highest BCUT2D eigenvalue weighted by Crippen LogP contribution is 2.33. The zero-order chi connectivity index (χ0) is 18.8. The van der Waals surface area contributed by atoms with Crippen LogP contribution in [-0.2, 0) is 20.3 Å².